The highest BCUT2D eigenvalue weighted by molar-refractivity contribution is 5.81. The lowest BCUT2D eigenvalue weighted by Crippen LogP contribution is -2.32. The van der Waals surface area contributed by atoms with Crippen molar-refractivity contribution in [3.63, 3.8) is 0 Å². The van der Waals surface area contributed by atoms with E-state index in [-0.39, 0.29) is 17.6 Å². The standard InChI is InChI=1S/C23H23FN2O/c24-21-12-8-19(9-13-21)15-25-14-4-7-22(25)17-26(23(27)20-10-11-20)16-18-5-2-1-3-6-18/h1-9,12-14,20H,10-11,15-17H2. The van der Waals surface area contributed by atoms with Crippen LogP contribution in [0, 0.1) is 11.7 Å². The van der Waals surface area contributed by atoms with Crippen LogP contribution in [-0.2, 0) is 24.4 Å². The van der Waals surface area contributed by atoms with Gasteiger partial charge in [-0.25, -0.2) is 4.39 Å². The molecule has 1 heterocycles. The van der Waals surface area contributed by atoms with E-state index in [2.05, 4.69) is 22.8 Å². The van der Waals surface area contributed by atoms with Gasteiger partial charge in [-0.05, 0) is 48.2 Å². The molecular formula is C23H23FN2O. The Morgan fingerprint density at radius 2 is 1.67 bits per heavy atom. The minimum atomic E-state index is -0.226. The average molecular weight is 362 g/mol. The first-order valence-electron chi connectivity index (χ1n) is 9.40. The predicted molar refractivity (Wildman–Crippen MR) is 103 cm³/mol. The maximum Gasteiger partial charge on any atom is 0.226 e. The van der Waals surface area contributed by atoms with Crippen LogP contribution in [0.4, 0.5) is 4.39 Å². The molecule has 1 aliphatic carbocycles. The first-order valence-corrected chi connectivity index (χ1v) is 9.40. The van der Waals surface area contributed by atoms with Crippen molar-refractivity contribution >= 4 is 5.91 Å². The van der Waals surface area contributed by atoms with Gasteiger partial charge in [0.05, 0.1) is 6.54 Å². The third kappa shape index (κ3) is 4.45. The molecule has 0 bridgehead atoms. The van der Waals surface area contributed by atoms with E-state index < -0.39 is 0 Å². The summed E-state index contributed by atoms with van der Waals surface area (Å²) in [7, 11) is 0. The molecule has 1 saturated carbocycles. The molecule has 3 nitrogen and oxygen atoms in total. The van der Waals surface area contributed by atoms with Crippen molar-refractivity contribution in [1.82, 2.24) is 9.47 Å². The topological polar surface area (TPSA) is 25.2 Å². The van der Waals surface area contributed by atoms with Crippen LogP contribution in [0.15, 0.2) is 72.9 Å². The quantitative estimate of drug-likeness (QED) is 0.602. The number of amides is 1. The molecule has 1 aliphatic rings. The van der Waals surface area contributed by atoms with Crippen LogP contribution in [0.3, 0.4) is 0 Å². The molecule has 1 fully saturated rings. The van der Waals surface area contributed by atoms with E-state index >= 15 is 0 Å². The molecule has 27 heavy (non-hydrogen) atoms. The predicted octanol–water partition coefficient (Wildman–Crippen LogP) is 4.61. The van der Waals surface area contributed by atoms with Crippen molar-refractivity contribution in [3.8, 4) is 0 Å². The van der Waals surface area contributed by atoms with Gasteiger partial charge < -0.3 is 9.47 Å². The molecule has 2 aromatic carbocycles. The van der Waals surface area contributed by atoms with Gasteiger partial charge in [0.15, 0.2) is 0 Å². The van der Waals surface area contributed by atoms with Crippen molar-refractivity contribution in [2.24, 2.45) is 5.92 Å². The first-order chi connectivity index (χ1) is 13.2. The second kappa shape index (κ2) is 7.78. The molecule has 0 atom stereocenters. The van der Waals surface area contributed by atoms with Crippen molar-refractivity contribution < 1.29 is 9.18 Å². The average Bonchev–Trinajstić information content (AvgIpc) is 3.45. The summed E-state index contributed by atoms with van der Waals surface area (Å²) in [5.74, 6) is 0.207. The van der Waals surface area contributed by atoms with Gasteiger partial charge in [0, 0.05) is 30.9 Å². The molecule has 1 aromatic heterocycles. The smallest absolute Gasteiger partial charge is 0.226 e. The highest BCUT2D eigenvalue weighted by Gasteiger charge is 2.33. The van der Waals surface area contributed by atoms with Crippen molar-refractivity contribution in [2.75, 3.05) is 0 Å². The Labute approximate surface area is 159 Å². The zero-order valence-electron chi connectivity index (χ0n) is 15.2. The van der Waals surface area contributed by atoms with Crippen molar-refractivity contribution in [1.29, 1.82) is 0 Å². The fourth-order valence-electron chi connectivity index (χ4n) is 3.33. The van der Waals surface area contributed by atoms with Crippen LogP contribution in [0.25, 0.3) is 0 Å². The molecule has 0 radical (unpaired) electrons. The van der Waals surface area contributed by atoms with E-state index in [1.807, 2.05) is 35.4 Å². The summed E-state index contributed by atoms with van der Waals surface area (Å²) in [6.45, 7) is 1.87. The summed E-state index contributed by atoms with van der Waals surface area (Å²) >= 11 is 0. The molecular weight excluding hydrogens is 339 g/mol. The lowest BCUT2D eigenvalue weighted by molar-refractivity contribution is -0.133. The molecule has 4 rings (SSSR count). The number of carbonyl (C=O) groups is 1. The van der Waals surface area contributed by atoms with Crippen LogP contribution in [0.1, 0.15) is 29.7 Å². The van der Waals surface area contributed by atoms with Crippen LogP contribution in [0.5, 0.6) is 0 Å². The van der Waals surface area contributed by atoms with Gasteiger partial charge in [-0.3, -0.25) is 4.79 Å². The Balaban J connectivity index is 1.51. The minimum Gasteiger partial charge on any atom is -0.345 e. The third-order valence-electron chi connectivity index (χ3n) is 5.00. The normalized spacial score (nSPS) is 13.5. The largest absolute Gasteiger partial charge is 0.345 e. The summed E-state index contributed by atoms with van der Waals surface area (Å²) in [5, 5.41) is 0. The Kier molecular flexibility index (Phi) is 5.05. The maximum atomic E-state index is 13.1. The van der Waals surface area contributed by atoms with Gasteiger partial charge in [-0.1, -0.05) is 42.5 Å². The zero-order valence-corrected chi connectivity index (χ0v) is 15.2. The summed E-state index contributed by atoms with van der Waals surface area (Å²) in [6, 6.07) is 20.8. The van der Waals surface area contributed by atoms with Crippen LogP contribution < -0.4 is 0 Å². The highest BCUT2D eigenvalue weighted by atomic mass is 19.1. The van der Waals surface area contributed by atoms with Gasteiger partial charge >= 0.3 is 0 Å². The second-order valence-corrected chi connectivity index (χ2v) is 7.21. The summed E-state index contributed by atoms with van der Waals surface area (Å²) < 4.78 is 15.3. The van der Waals surface area contributed by atoms with E-state index in [0.717, 1.165) is 29.7 Å². The second-order valence-electron chi connectivity index (χ2n) is 7.21. The van der Waals surface area contributed by atoms with Gasteiger partial charge in [0.1, 0.15) is 5.82 Å². The maximum absolute atomic E-state index is 13.1. The number of benzene rings is 2. The summed E-state index contributed by atoms with van der Waals surface area (Å²) in [4.78, 5) is 14.8. The Morgan fingerprint density at radius 3 is 2.37 bits per heavy atom. The van der Waals surface area contributed by atoms with E-state index in [0.29, 0.717) is 19.6 Å². The van der Waals surface area contributed by atoms with Crippen molar-refractivity contribution in [2.45, 2.75) is 32.5 Å². The lowest BCUT2D eigenvalue weighted by atomic mass is 10.2. The number of hydrogen-bond donors (Lipinski definition) is 0. The van der Waals surface area contributed by atoms with Crippen LogP contribution >= 0.6 is 0 Å². The summed E-state index contributed by atoms with van der Waals surface area (Å²) in [5.41, 5.74) is 3.27. The molecule has 1 amide bonds. The van der Waals surface area contributed by atoms with E-state index in [1.54, 1.807) is 12.1 Å². The molecule has 0 aliphatic heterocycles. The van der Waals surface area contributed by atoms with E-state index in [1.165, 1.54) is 12.1 Å². The minimum absolute atomic E-state index is 0.189. The van der Waals surface area contributed by atoms with Gasteiger partial charge in [-0.2, -0.15) is 0 Å². The van der Waals surface area contributed by atoms with E-state index in [4.69, 9.17) is 0 Å². The van der Waals surface area contributed by atoms with Gasteiger partial charge in [-0.15, -0.1) is 0 Å². The SMILES string of the molecule is O=C(C1CC1)N(Cc1ccccc1)Cc1cccn1Cc1ccc(F)cc1. The number of halogens is 1. The Hall–Kier alpha value is -2.88. The fourth-order valence-corrected chi connectivity index (χ4v) is 3.33. The molecule has 3 aromatic rings. The first kappa shape index (κ1) is 17.5. The summed E-state index contributed by atoms with van der Waals surface area (Å²) in [6.07, 6.45) is 4.02. The monoisotopic (exact) mass is 362 g/mol. The fraction of sp³-hybridized carbons (Fsp3) is 0.261. The molecule has 138 valence electrons. The van der Waals surface area contributed by atoms with Crippen LogP contribution in [-0.4, -0.2) is 15.4 Å². The number of aromatic nitrogens is 1. The van der Waals surface area contributed by atoms with E-state index in [9.17, 15) is 9.18 Å². The molecule has 0 unspecified atom stereocenters. The molecule has 0 saturated heterocycles. The number of nitrogens with zero attached hydrogens (tertiary/aromatic N) is 2. The Morgan fingerprint density at radius 1 is 0.926 bits per heavy atom. The molecule has 4 heteroatoms. The third-order valence-corrected chi connectivity index (χ3v) is 5.00. The van der Waals surface area contributed by atoms with Gasteiger partial charge in [0.25, 0.3) is 0 Å². The molecule has 0 N–H and O–H groups in total. The zero-order chi connectivity index (χ0) is 18.6. The van der Waals surface area contributed by atoms with Crippen LogP contribution in [0.2, 0.25) is 0 Å². The van der Waals surface area contributed by atoms with Crippen molar-refractivity contribution in [3.05, 3.63) is 95.6 Å². The lowest BCUT2D eigenvalue weighted by Gasteiger charge is -2.24. The van der Waals surface area contributed by atoms with Gasteiger partial charge in [0.2, 0.25) is 5.91 Å². The highest BCUT2D eigenvalue weighted by Crippen LogP contribution is 2.32. The number of hydrogen-bond acceptors (Lipinski definition) is 1. The number of rotatable bonds is 7. The Bertz CT molecular complexity index is 898. The molecule has 0 spiro atoms. The number of carbonyl (C=O) groups excluding carboxylic acids is 1.